The number of hydrogen-bond acceptors (Lipinski definition) is 19. The van der Waals surface area contributed by atoms with Crippen molar-refractivity contribution < 1.29 is 105 Å². The zero-order valence-electron chi connectivity index (χ0n) is 54.1. The maximum atomic E-state index is 12.7. The summed E-state index contributed by atoms with van der Waals surface area (Å²) < 4.78 is 110. The topological polar surface area (TPSA) is 312 Å². The third-order valence-electron chi connectivity index (χ3n) is 24.0. The van der Waals surface area contributed by atoms with Gasteiger partial charge in [-0.3, -0.25) is 18.8 Å². The molecule has 2 amide bonds. The average molecular weight is 1350 g/mol. The van der Waals surface area contributed by atoms with E-state index < -0.39 is 105 Å². The molecule has 530 valence electrons. The van der Waals surface area contributed by atoms with Gasteiger partial charge in [0.05, 0.1) is 83.9 Å². The molecule has 12 rings (SSSR count). The van der Waals surface area contributed by atoms with Crippen LogP contribution in [0.5, 0.6) is 0 Å². The number of amides is 2. The number of hydrogen-bond donors (Lipinski definition) is 10. The van der Waals surface area contributed by atoms with Crippen LogP contribution in [-0.2, 0) is 28.7 Å². The number of nitrogens with one attached hydrogen (secondary N) is 3. The first-order valence-electron chi connectivity index (χ1n) is 32.7. The minimum atomic E-state index is -5.13. The van der Waals surface area contributed by atoms with Crippen molar-refractivity contribution >= 4 is 11.8 Å². The Kier molecular flexibility index (Phi) is 22.4. The van der Waals surface area contributed by atoms with Gasteiger partial charge in [-0.1, -0.05) is 58.4 Å². The van der Waals surface area contributed by atoms with E-state index in [1.54, 1.807) is 30.5 Å². The molecule has 2 saturated heterocycles. The highest BCUT2D eigenvalue weighted by molar-refractivity contribution is 5.82. The van der Waals surface area contributed by atoms with Gasteiger partial charge in [-0.05, 0) is 172 Å². The van der Waals surface area contributed by atoms with E-state index >= 15 is 0 Å². The summed E-state index contributed by atoms with van der Waals surface area (Å²) >= 11 is 0. The number of halogens is 7. The molecule has 94 heavy (non-hydrogen) atoms. The van der Waals surface area contributed by atoms with Crippen LogP contribution in [0.1, 0.15) is 162 Å². The van der Waals surface area contributed by atoms with Gasteiger partial charge in [-0.25, -0.2) is 9.59 Å². The van der Waals surface area contributed by atoms with Gasteiger partial charge in [0.25, 0.3) is 0 Å². The summed E-state index contributed by atoms with van der Waals surface area (Å²) in [4.78, 5) is 55.8. The first-order chi connectivity index (χ1) is 44.1. The largest absolute Gasteiger partial charge is 0.471 e. The summed E-state index contributed by atoms with van der Waals surface area (Å²) in [7, 11) is 2.10. The number of rotatable bonds is 9. The number of carbonyl (C=O) groups excluding carboxylic acids is 2. The van der Waals surface area contributed by atoms with Crippen molar-refractivity contribution in [1.82, 2.24) is 21.2 Å². The Balaban J connectivity index is 0.000000198. The summed E-state index contributed by atoms with van der Waals surface area (Å²) in [6.07, 6.45) is 2.49. The molecule has 4 heterocycles. The molecule has 2 aliphatic heterocycles. The maximum absolute atomic E-state index is 12.7. The Hall–Kier alpha value is -4.69. The van der Waals surface area contributed by atoms with Crippen LogP contribution in [0.25, 0.3) is 0 Å². The van der Waals surface area contributed by atoms with Crippen molar-refractivity contribution in [3.63, 3.8) is 0 Å². The van der Waals surface area contributed by atoms with Gasteiger partial charge in [0.15, 0.2) is 12.5 Å². The van der Waals surface area contributed by atoms with E-state index in [1.165, 1.54) is 35.2 Å². The van der Waals surface area contributed by atoms with Crippen molar-refractivity contribution in [3.05, 3.63) is 92.1 Å². The quantitative estimate of drug-likeness (QED) is 0.0701. The zero-order valence-corrected chi connectivity index (χ0v) is 53.1. The smallest absolute Gasteiger partial charge is 0.431 e. The van der Waals surface area contributed by atoms with E-state index in [1.807, 2.05) is 12.1 Å². The normalized spacial score (nSPS) is 41.4. The molecule has 0 aromatic carbocycles. The monoisotopic (exact) mass is 1350 g/mol. The maximum Gasteiger partial charge on any atom is 0.471 e. The molecule has 2 aromatic heterocycles. The second-order valence-corrected chi connectivity index (χ2v) is 28.1. The fourth-order valence-corrected chi connectivity index (χ4v) is 19.0. The third-order valence-corrected chi connectivity index (χ3v) is 24.0. The number of aliphatic hydroxyl groups excluding tert-OH is 5. The Morgan fingerprint density at radius 2 is 1.05 bits per heavy atom. The van der Waals surface area contributed by atoms with Crippen molar-refractivity contribution in [3.8, 4) is 0 Å². The van der Waals surface area contributed by atoms with Crippen LogP contribution in [0.3, 0.4) is 0 Å². The van der Waals surface area contributed by atoms with Gasteiger partial charge >= 0.3 is 35.4 Å². The number of fused-ring (bicyclic) bond motifs is 10. The van der Waals surface area contributed by atoms with Gasteiger partial charge in [-0.2, -0.15) is 36.9 Å². The number of allylic oxidation sites excluding steroid dienone is 2. The van der Waals surface area contributed by atoms with Gasteiger partial charge in [-0.15, -0.1) is 0 Å². The first kappa shape index (κ1) is 73.6. The predicted molar refractivity (Wildman–Crippen MR) is 324 cm³/mol. The molecule has 28 heteroatoms. The van der Waals surface area contributed by atoms with Gasteiger partial charge in [0.2, 0.25) is 0 Å². The van der Waals surface area contributed by atoms with Crippen LogP contribution in [0.2, 0.25) is 0 Å². The summed E-state index contributed by atoms with van der Waals surface area (Å²) in [5, 5.41) is 78.0. The Morgan fingerprint density at radius 1 is 0.606 bits per heavy atom. The Morgan fingerprint density at radius 3 is 1.49 bits per heavy atom. The molecule has 0 spiro atoms. The molecule has 8 aliphatic carbocycles. The van der Waals surface area contributed by atoms with Crippen LogP contribution in [0.4, 0.5) is 30.7 Å². The lowest BCUT2D eigenvalue weighted by atomic mass is 9.45. The number of nitrogens with zero attached hydrogens (tertiary/aromatic N) is 1. The van der Waals surface area contributed by atoms with Crippen LogP contribution in [-0.4, -0.2) is 172 Å². The standard InChI is InChI=1S/C32H43F3N2O8.C25H35NO4.C7H10F3NO5.CH3F.CH4/c1-29-11-8-19(37(43-3)27-26(40)25(39)23(16-45-27)36-28(41)32(33,34)35)14-18(29)5-6-22-21(29)9-12-30(2)20(10-13-31(22,30)42)17-4-7-24(38)44-15-17;1-23-11-8-18(26-29-3)14-17(23)5-6-21-20(23)9-12-24(2)19(10-13-25(21,24)28)16-4-7-22(27)30-15-16;8-7(9,10)6(15)11-2-1-16-5(14)4(13)3(2)12;1-2;/h4,7,14-15,19-23,25-27,39-40,42H,5-6,8-13,16H2,1-3H3,(H,36,41);4,7,14-15,18-21,26,28H,5-6,8-13H2,1-3H3;2-5,12-14H,1H2,(H,11,15);1H3;1H4/t19-,20+,21?,22?,23-,25-,26-,27?,29-,30+,31-;18-,19+,20?,21?,23-,24+,25-;2-,3-,4-,5?;;/m000../s1/i;;;1D;. The number of hydroxylamine groups is 3. The van der Waals surface area contributed by atoms with Crippen molar-refractivity contribution in [2.75, 3.05) is 34.6 Å². The van der Waals surface area contributed by atoms with Crippen molar-refractivity contribution in [2.45, 2.75) is 234 Å². The minimum Gasteiger partial charge on any atom is -0.431 e. The lowest BCUT2D eigenvalue weighted by Gasteiger charge is -2.62. The van der Waals surface area contributed by atoms with Crippen LogP contribution in [0.15, 0.2) is 78.5 Å². The summed E-state index contributed by atoms with van der Waals surface area (Å²) in [5.41, 5.74) is 5.29. The molecule has 8 fully saturated rings. The summed E-state index contributed by atoms with van der Waals surface area (Å²) in [6.45, 7) is 8.24. The predicted octanol–water partition coefficient (Wildman–Crippen LogP) is 6.80. The average Bonchev–Trinajstić information content (AvgIpc) is 1.65. The fourth-order valence-electron chi connectivity index (χ4n) is 19.0. The molecular weight excluding hydrogens is 1250 g/mol. The van der Waals surface area contributed by atoms with E-state index in [0.29, 0.717) is 30.7 Å². The minimum absolute atomic E-state index is 0. The highest BCUT2D eigenvalue weighted by Gasteiger charge is 2.69. The molecule has 21 nitrogen and oxygen atoms in total. The van der Waals surface area contributed by atoms with E-state index in [0.717, 1.165) is 101 Å². The van der Waals surface area contributed by atoms with E-state index in [2.05, 4.69) is 50.1 Å². The van der Waals surface area contributed by atoms with Crippen LogP contribution < -0.4 is 27.4 Å². The number of ether oxygens (including phenoxy) is 2. The van der Waals surface area contributed by atoms with Crippen molar-refractivity contribution in [1.29, 1.82) is 0 Å². The van der Waals surface area contributed by atoms with Gasteiger partial charge < -0.3 is 69.5 Å². The lowest BCUT2D eigenvalue weighted by Crippen LogP contribution is -2.65. The van der Waals surface area contributed by atoms with E-state index in [-0.39, 0.29) is 70.1 Å². The summed E-state index contributed by atoms with van der Waals surface area (Å²) in [6, 6.07) is 3.82. The van der Waals surface area contributed by atoms with Crippen LogP contribution >= 0.6 is 0 Å². The van der Waals surface area contributed by atoms with Gasteiger partial charge in [0, 0.05) is 23.0 Å². The zero-order chi connectivity index (χ0) is 68.9. The number of carbonyl (C=O) groups is 2. The second kappa shape index (κ2) is 28.6. The molecule has 6 saturated carbocycles. The van der Waals surface area contributed by atoms with Crippen LogP contribution in [0, 0.1) is 45.3 Å². The molecule has 2 aromatic rings. The molecule has 10 aliphatic rings. The van der Waals surface area contributed by atoms with Crippen molar-refractivity contribution in [2.24, 2.45) is 45.3 Å². The molecular formula is C66H95F7N4O17. The molecule has 10 N–H and O–H groups in total. The lowest BCUT2D eigenvalue weighted by molar-refractivity contribution is -0.306. The molecule has 0 bridgehead atoms. The summed E-state index contributed by atoms with van der Waals surface area (Å²) in [5.74, 6) is -2.87. The molecule has 0 radical (unpaired) electrons. The number of aliphatic hydroxyl groups is 7. The SMILES string of the molecule is C.CON(C1OC[C@H](NC(=O)C(F)(F)F)[C@H](O)[C@@H]1O)[C@@H]1C=C2CCC3C(CC[C@]4(C)[C@@H](c5ccc(=O)oc5)CC[C@]34O)[C@@]2(C)CC1.CON[C@@H]1C=C2CCC3C(CC[C@]4(C)[C@@H](c5ccc(=O)oc5)CC[C@]34O)[C@@]2(C)CC1.O=C(N[C@H]1COC(O)[C@@H](O)[C@H]1O)C(F)(F)F.[2H]CF. The molecule has 6 unspecified atom stereocenters. The highest BCUT2D eigenvalue weighted by Crippen LogP contribution is 2.72. The van der Waals surface area contributed by atoms with Gasteiger partial charge in [0.1, 0.15) is 24.4 Å². The third kappa shape index (κ3) is 13.6. The first-order valence-corrected chi connectivity index (χ1v) is 32.0. The second-order valence-electron chi connectivity index (χ2n) is 28.1. The Bertz CT molecular complexity index is 3140. The van der Waals surface area contributed by atoms with E-state index in [9.17, 15) is 75.4 Å². The highest BCUT2D eigenvalue weighted by atomic mass is 19.4. The molecule has 22 atom stereocenters. The fraction of sp³-hybridized carbons (Fsp3) is 0.758. The Labute approximate surface area is 543 Å². The number of alkyl halides is 7. The van der Waals surface area contributed by atoms with E-state index in [4.69, 9.17) is 34.8 Å².